The van der Waals surface area contributed by atoms with E-state index in [9.17, 15) is 23.7 Å². The molecular formula is C23H17F2N3O5S. The molecule has 2 aromatic heterocycles. The van der Waals surface area contributed by atoms with Gasteiger partial charge in [0.05, 0.1) is 52.3 Å². The SMILES string of the molecule is COc1cc(/C=C(\C(=O)c2cccs2)c2nc3ccccc3n2C(F)F)c([N+](=O)[O-])cc1OC. The van der Waals surface area contributed by atoms with Gasteiger partial charge in [-0.25, -0.2) is 4.98 Å². The van der Waals surface area contributed by atoms with Crippen molar-refractivity contribution in [3.8, 4) is 11.5 Å². The smallest absolute Gasteiger partial charge is 0.320 e. The number of para-hydroxylation sites is 2. The molecule has 0 saturated carbocycles. The molecule has 174 valence electrons. The number of rotatable bonds is 8. The molecule has 0 unspecified atom stereocenters. The van der Waals surface area contributed by atoms with Gasteiger partial charge in [-0.2, -0.15) is 8.78 Å². The summed E-state index contributed by atoms with van der Waals surface area (Å²) in [7, 11) is 2.68. The Kier molecular flexibility index (Phi) is 6.37. The minimum Gasteiger partial charge on any atom is -0.493 e. The number of fused-ring (bicyclic) bond motifs is 1. The second-order valence-corrected chi connectivity index (χ2v) is 7.91. The lowest BCUT2D eigenvalue weighted by molar-refractivity contribution is -0.385. The van der Waals surface area contributed by atoms with Crippen molar-refractivity contribution >= 4 is 45.5 Å². The van der Waals surface area contributed by atoms with Gasteiger partial charge in [0, 0.05) is 0 Å². The first kappa shape index (κ1) is 23.1. The Morgan fingerprint density at radius 3 is 2.47 bits per heavy atom. The van der Waals surface area contributed by atoms with Gasteiger partial charge in [0.15, 0.2) is 11.5 Å². The van der Waals surface area contributed by atoms with E-state index < -0.39 is 22.9 Å². The van der Waals surface area contributed by atoms with Gasteiger partial charge in [0.1, 0.15) is 5.82 Å². The minimum atomic E-state index is -3.01. The Morgan fingerprint density at radius 1 is 1.15 bits per heavy atom. The highest BCUT2D eigenvalue weighted by atomic mass is 32.1. The van der Waals surface area contributed by atoms with Gasteiger partial charge in [-0.1, -0.05) is 18.2 Å². The van der Waals surface area contributed by atoms with Crippen LogP contribution in [0.1, 0.15) is 27.6 Å². The molecule has 34 heavy (non-hydrogen) atoms. The number of methoxy groups -OCH3 is 2. The van der Waals surface area contributed by atoms with E-state index in [-0.39, 0.29) is 44.4 Å². The second-order valence-electron chi connectivity index (χ2n) is 6.96. The summed E-state index contributed by atoms with van der Waals surface area (Å²) in [6, 6.07) is 11.9. The third-order valence-electron chi connectivity index (χ3n) is 5.05. The molecule has 0 N–H and O–H groups in total. The van der Waals surface area contributed by atoms with Crippen molar-refractivity contribution in [2.75, 3.05) is 14.2 Å². The number of carbonyl (C=O) groups is 1. The fraction of sp³-hybridized carbons (Fsp3) is 0.130. The molecule has 0 radical (unpaired) electrons. The Balaban J connectivity index is 2.04. The van der Waals surface area contributed by atoms with Crippen LogP contribution in [0.3, 0.4) is 0 Å². The van der Waals surface area contributed by atoms with Crippen molar-refractivity contribution in [3.63, 3.8) is 0 Å². The van der Waals surface area contributed by atoms with Gasteiger partial charge < -0.3 is 9.47 Å². The molecule has 4 aromatic rings. The van der Waals surface area contributed by atoms with Crippen LogP contribution in [0.4, 0.5) is 14.5 Å². The van der Waals surface area contributed by atoms with Crippen LogP contribution in [0.15, 0.2) is 53.9 Å². The van der Waals surface area contributed by atoms with Crippen molar-refractivity contribution in [2.45, 2.75) is 6.55 Å². The molecule has 2 aromatic carbocycles. The summed E-state index contributed by atoms with van der Waals surface area (Å²) in [5.74, 6) is -0.628. The van der Waals surface area contributed by atoms with Gasteiger partial charge in [0.2, 0.25) is 5.78 Å². The number of allylic oxidation sites excluding steroid dienone is 1. The number of benzene rings is 2. The lowest BCUT2D eigenvalue weighted by atomic mass is 10.0. The summed E-state index contributed by atoms with van der Waals surface area (Å²) in [6.45, 7) is -3.01. The van der Waals surface area contributed by atoms with Crippen molar-refractivity contribution in [3.05, 3.63) is 80.3 Å². The van der Waals surface area contributed by atoms with E-state index >= 15 is 0 Å². The molecule has 0 spiro atoms. The fourth-order valence-electron chi connectivity index (χ4n) is 3.52. The minimum absolute atomic E-state index is 0.0320. The molecule has 0 aliphatic rings. The number of aromatic nitrogens is 2. The number of hydrogen-bond acceptors (Lipinski definition) is 7. The summed E-state index contributed by atoms with van der Waals surface area (Å²) in [4.78, 5) is 29.1. The Hall–Kier alpha value is -4.12. The van der Waals surface area contributed by atoms with Gasteiger partial charge in [-0.3, -0.25) is 19.5 Å². The van der Waals surface area contributed by atoms with Crippen LogP contribution in [0, 0.1) is 10.1 Å². The Bertz CT molecular complexity index is 1410. The summed E-state index contributed by atoms with van der Waals surface area (Å²) in [5.41, 5.74) is -0.276. The molecule has 0 aliphatic heterocycles. The highest BCUT2D eigenvalue weighted by Crippen LogP contribution is 2.38. The van der Waals surface area contributed by atoms with Crippen LogP contribution < -0.4 is 9.47 Å². The lowest BCUT2D eigenvalue weighted by Crippen LogP contribution is -2.10. The zero-order chi connectivity index (χ0) is 24.4. The number of alkyl halides is 2. The molecule has 0 fully saturated rings. The number of ketones is 1. The number of nitrogens with zero attached hydrogens (tertiary/aromatic N) is 3. The first-order chi connectivity index (χ1) is 16.3. The van der Waals surface area contributed by atoms with Crippen LogP contribution in [0.2, 0.25) is 0 Å². The monoisotopic (exact) mass is 485 g/mol. The first-order valence-electron chi connectivity index (χ1n) is 9.81. The van der Waals surface area contributed by atoms with Crippen LogP contribution in [-0.4, -0.2) is 34.5 Å². The standard InChI is InChI=1S/C23H17F2N3O5S/c1-32-18-11-13(17(28(30)31)12-19(18)33-2)10-14(21(29)20-8-5-9-34-20)22-26-15-6-3-4-7-16(15)27(22)23(24)25/h3-12,23H,1-2H3/b14-10+. The number of ether oxygens (including phenoxy) is 2. The number of halogens is 2. The van der Waals surface area contributed by atoms with Crippen LogP contribution in [-0.2, 0) is 0 Å². The maximum absolute atomic E-state index is 14.2. The van der Waals surface area contributed by atoms with Crippen LogP contribution in [0.25, 0.3) is 22.7 Å². The van der Waals surface area contributed by atoms with Gasteiger partial charge >= 0.3 is 6.55 Å². The summed E-state index contributed by atoms with van der Waals surface area (Å²) in [6.07, 6.45) is 1.18. The summed E-state index contributed by atoms with van der Waals surface area (Å²) < 4.78 is 39.3. The Morgan fingerprint density at radius 2 is 1.85 bits per heavy atom. The molecule has 0 bridgehead atoms. The van der Waals surface area contributed by atoms with E-state index in [1.807, 2.05) is 0 Å². The highest BCUT2D eigenvalue weighted by Gasteiger charge is 2.27. The number of nitro benzene ring substituents is 1. The number of carbonyl (C=O) groups excluding carboxylic acids is 1. The number of thiophene rings is 1. The molecule has 4 rings (SSSR count). The predicted molar refractivity (Wildman–Crippen MR) is 124 cm³/mol. The number of Topliss-reactive ketones (excluding diaryl/α,β-unsaturated/α-hetero) is 1. The molecule has 8 nitrogen and oxygen atoms in total. The molecule has 0 saturated heterocycles. The molecule has 0 atom stereocenters. The van der Waals surface area contributed by atoms with Crippen molar-refractivity contribution in [1.82, 2.24) is 9.55 Å². The average molecular weight is 485 g/mol. The largest absolute Gasteiger partial charge is 0.493 e. The number of imidazole rings is 1. The molecule has 2 heterocycles. The zero-order valence-electron chi connectivity index (χ0n) is 17.9. The van der Waals surface area contributed by atoms with E-state index in [4.69, 9.17) is 9.47 Å². The maximum atomic E-state index is 14.2. The van der Waals surface area contributed by atoms with Crippen LogP contribution in [0.5, 0.6) is 11.5 Å². The number of nitro groups is 1. The molecule has 11 heteroatoms. The normalized spacial score (nSPS) is 11.7. The van der Waals surface area contributed by atoms with E-state index in [0.717, 1.165) is 17.4 Å². The second kappa shape index (κ2) is 9.40. The van der Waals surface area contributed by atoms with E-state index in [2.05, 4.69) is 4.98 Å². The third-order valence-corrected chi connectivity index (χ3v) is 5.92. The third kappa shape index (κ3) is 4.13. The molecular weight excluding hydrogens is 468 g/mol. The van der Waals surface area contributed by atoms with Crippen LogP contribution >= 0.6 is 11.3 Å². The molecule has 0 aliphatic carbocycles. The summed E-state index contributed by atoms with van der Waals surface area (Å²) in [5, 5.41) is 13.4. The maximum Gasteiger partial charge on any atom is 0.320 e. The topological polar surface area (TPSA) is 96.5 Å². The van der Waals surface area contributed by atoms with E-state index in [1.54, 1.807) is 35.7 Å². The van der Waals surface area contributed by atoms with Gasteiger partial charge in [-0.05, 0) is 35.7 Å². The summed E-state index contributed by atoms with van der Waals surface area (Å²) >= 11 is 1.12. The van der Waals surface area contributed by atoms with Crippen molar-refractivity contribution < 1.29 is 28.0 Å². The number of hydrogen-bond donors (Lipinski definition) is 0. The van der Waals surface area contributed by atoms with Gasteiger partial charge in [0.25, 0.3) is 5.69 Å². The average Bonchev–Trinajstić information content (AvgIpc) is 3.49. The fourth-order valence-corrected chi connectivity index (χ4v) is 4.20. The zero-order valence-corrected chi connectivity index (χ0v) is 18.7. The van der Waals surface area contributed by atoms with Crippen molar-refractivity contribution in [2.24, 2.45) is 0 Å². The lowest BCUT2D eigenvalue weighted by Gasteiger charge is -2.12. The molecule has 0 amide bonds. The van der Waals surface area contributed by atoms with Gasteiger partial charge in [-0.15, -0.1) is 11.3 Å². The highest BCUT2D eigenvalue weighted by molar-refractivity contribution is 7.12. The van der Waals surface area contributed by atoms with Crippen molar-refractivity contribution in [1.29, 1.82) is 0 Å². The first-order valence-corrected chi connectivity index (χ1v) is 10.7. The Labute approximate surface area is 195 Å². The van der Waals surface area contributed by atoms with E-state index in [0.29, 0.717) is 4.57 Å². The predicted octanol–water partition coefficient (Wildman–Crippen LogP) is 5.84. The van der Waals surface area contributed by atoms with E-state index in [1.165, 1.54) is 32.4 Å². The quantitative estimate of drug-likeness (QED) is 0.135.